The Morgan fingerprint density at radius 2 is 2.07 bits per heavy atom. The number of nitrogens with zero attached hydrogens (tertiary/aromatic N) is 2. The van der Waals surface area contributed by atoms with E-state index in [0.717, 1.165) is 35.1 Å². The second-order valence-electron chi connectivity index (χ2n) is 7.52. The van der Waals surface area contributed by atoms with Crippen LogP contribution in [0.5, 0.6) is 0 Å². The first-order valence-electron chi connectivity index (χ1n) is 9.80. The molecule has 0 amide bonds. The van der Waals surface area contributed by atoms with Gasteiger partial charge in [-0.25, -0.2) is 14.5 Å². The molecule has 1 aromatic heterocycles. The SMILES string of the molecule is Cc1c(C(C)NCC2CNNC2c2ccc(Cl)cc2)cnn1-c1cccc(F)c1. The van der Waals surface area contributed by atoms with Gasteiger partial charge in [0.15, 0.2) is 0 Å². The fourth-order valence-corrected chi connectivity index (χ4v) is 4.03. The highest BCUT2D eigenvalue weighted by Gasteiger charge is 2.28. The fourth-order valence-electron chi connectivity index (χ4n) is 3.90. The van der Waals surface area contributed by atoms with Gasteiger partial charge in [-0.05, 0) is 49.7 Å². The van der Waals surface area contributed by atoms with Crippen LogP contribution in [-0.4, -0.2) is 22.9 Å². The van der Waals surface area contributed by atoms with Gasteiger partial charge in [0.1, 0.15) is 5.82 Å². The van der Waals surface area contributed by atoms with Crippen LogP contribution in [0, 0.1) is 18.7 Å². The maximum absolute atomic E-state index is 13.6. The molecule has 2 heterocycles. The van der Waals surface area contributed by atoms with Crippen molar-refractivity contribution in [1.29, 1.82) is 0 Å². The van der Waals surface area contributed by atoms with E-state index >= 15 is 0 Å². The molecule has 152 valence electrons. The maximum Gasteiger partial charge on any atom is 0.125 e. The largest absolute Gasteiger partial charge is 0.310 e. The third-order valence-corrected chi connectivity index (χ3v) is 5.83. The Morgan fingerprint density at radius 3 is 2.83 bits per heavy atom. The van der Waals surface area contributed by atoms with E-state index in [-0.39, 0.29) is 17.9 Å². The number of benzene rings is 2. The second-order valence-corrected chi connectivity index (χ2v) is 7.96. The Labute approximate surface area is 175 Å². The highest BCUT2D eigenvalue weighted by atomic mass is 35.5. The third kappa shape index (κ3) is 4.36. The standard InChI is InChI=1S/C22H25ClFN5/c1-14(21-13-27-29(15(21)2)20-5-3-4-19(24)10-20)25-11-17-12-26-28-22(17)16-6-8-18(23)9-7-16/h3-10,13-14,17,22,25-26,28H,11-12H2,1-2H3. The lowest BCUT2D eigenvalue weighted by Crippen LogP contribution is -2.30. The Bertz CT molecular complexity index is 972. The van der Waals surface area contributed by atoms with Crippen LogP contribution >= 0.6 is 11.6 Å². The van der Waals surface area contributed by atoms with Crippen molar-refractivity contribution in [3.8, 4) is 5.69 Å². The smallest absolute Gasteiger partial charge is 0.125 e. The van der Waals surface area contributed by atoms with Gasteiger partial charge in [-0.1, -0.05) is 29.8 Å². The molecule has 1 aliphatic heterocycles. The predicted octanol–water partition coefficient (Wildman–Crippen LogP) is 4.09. The Hall–Kier alpha value is -2.25. The minimum atomic E-state index is -0.264. The van der Waals surface area contributed by atoms with Crippen LogP contribution in [0.3, 0.4) is 0 Å². The molecular weight excluding hydrogens is 389 g/mol. The van der Waals surface area contributed by atoms with E-state index in [2.05, 4.69) is 40.3 Å². The van der Waals surface area contributed by atoms with Gasteiger partial charge in [-0.15, -0.1) is 0 Å². The van der Waals surface area contributed by atoms with E-state index in [9.17, 15) is 4.39 Å². The van der Waals surface area contributed by atoms with Gasteiger partial charge in [0, 0.05) is 41.3 Å². The van der Waals surface area contributed by atoms with Gasteiger partial charge >= 0.3 is 0 Å². The molecule has 5 nitrogen and oxygen atoms in total. The first kappa shape index (κ1) is 20.0. The first-order chi connectivity index (χ1) is 14.0. The van der Waals surface area contributed by atoms with Crippen LogP contribution in [0.2, 0.25) is 5.02 Å². The Kier molecular flexibility index (Phi) is 5.96. The van der Waals surface area contributed by atoms with Crippen LogP contribution in [-0.2, 0) is 0 Å². The van der Waals surface area contributed by atoms with Crippen molar-refractivity contribution in [2.75, 3.05) is 13.1 Å². The van der Waals surface area contributed by atoms with Gasteiger partial charge in [0.25, 0.3) is 0 Å². The molecule has 0 bridgehead atoms. The lowest BCUT2D eigenvalue weighted by Gasteiger charge is -2.22. The van der Waals surface area contributed by atoms with E-state index < -0.39 is 0 Å². The molecule has 3 atom stereocenters. The van der Waals surface area contributed by atoms with Crippen LogP contribution < -0.4 is 16.2 Å². The number of hydrogen-bond acceptors (Lipinski definition) is 4. The Morgan fingerprint density at radius 1 is 1.28 bits per heavy atom. The zero-order valence-corrected chi connectivity index (χ0v) is 17.2. The summed E-state index contributed by atoms with van der Waals surface area (Å²) in [5, 5.41) is 8.85. The van der Waals surface area contributed by atoms with E-state index in [1.807, 2.05) is 31.3 Å². The summed E-state index contributed by atoms with van der Waals surface area (Å²) >= 11 is 6.02. The highest BCUT2D eigenvalue weighted by molar-refractivity contribution is 6.30. The number of hydrogen-bond donors (Lipinski definition) is 3. The summed E-state index contributed by atoms with van der Waals surface area (Å²) in [6, 6.07) is 14.8. The van der Waals surface area contributed by atoms with Gasteiger partial charge < -0.3 is 5.32 Å². The topological polar surface area (TPSA) is 53.9 Å². The molecule has 4 rings (SSSR count). The van der Waals surface area contributed by atoms with Gasteiger partial charge in [-0.2, -0.15) is 5.10 Å². The van der Waals surface area contributed by atoms with Crippen molar-refractivity contribution in [2.45, 2.75) is 25.9 Å². The quantitative estimate of drug-likeness (QED) is 0.569. The monoisotopic (exact) mass is 413 g/mol. The second kappa shape index (κ2) is 8.63. The molecule has 3 aromatic rings. The number of hydrazine groups is 1. The molecule has 2 aromatic carbocycles. The lowest BCUT2D eigenvalue weighted by atomic mass is 9.94. The van der Waals surface area contributed by atoms with E-state index in [1.54, 1.807) is 10.7 Å². The summed E-state index contributed by atoms with van der Waals surface area (Å²) < 4.78 is 15.4. The molecule has 1 fully saturated rings. The third-order valence-electron chi connectivity index (χ3n) is 5.58. The van der Waals surface area contributed by atoms with E-state index in [1.165, 1.54) is 17.7 Å². The normalized spacial score (nSPS) is 20.1. The molecule has 0 aliphatic carbocycles. The highest BCUT2D eigenvalue weighted by Crippen LogP contribution is 2.27. The molecule has 7 heteroatoms. The summed E-state index contributed by atoms with van der Waals surface area (Å²) in [6.07, 6.45) is 1.86. The molecule has 1 saturated heterocycles. The molecule has 29 heavy (non-hydrogen) atoms. The minimum Gasteiger partial charge on any atom is -0.310 e. The summed E-state index contributed by atoms with van der Waals surface area (Å²) in [4.78, 5) is 0. The fraction of sp³-hybridized carbons (Fsp3) is 0.318. The van der Waals surface area contributed by atoms with Crippen molar-refractivity contribution < 1.29 is 4.39 Å². The maximum atomic E-state index is 13.6. The molecule has 3 N–H and O–H groups in total. The van der Waals surface area contributed by atoms with Gasteiger partial charge in [-0.3, -0.25) is 5.43 Å². The summed E-state index contributed by atoms with van der Waals surface area (Å²) in [7, 11) is 0. The predicted molar refractivity (Wildman–Crippen MR) is 113 cm³/mol. The molecule has 3 unspecified atom stereocenters. The van der Waals surface area contributed by atoms with Crippen LogP contribution in [0.1, 0.15) is 35.8 Å². The molecule has 1 aliphatic rings. The zero-order chi connectivity index (χ0) is 20.4. The molecule has 0 radical (unpaired) electrons. The van der Waals surface area contributed by atoms with Gasteiger partial charge in [0.2, 0.25) is 0 Å². The van der Waals surface area contributed by atoms with Crippen LogP contribution in [0.25, 0.3) is 5.69 Å². The summed E-state index contributed by atoms with van der Waals surface area (Å²) in [6.45, 7) is 5.88. The van der Waals surface area contributed by atoms with E-state index in [4.69, 9.17) is 11.6 Å². The number of halogens is 2. The summed E-state index contributed by atoms with van der Waals surface area (Å²) in [5.41, 5.74) is 10.7. The van der Waals surface area contributed by atoms with Crippen molar-refractivity contribution in [1.82, 2.24) is 25.9 Å². The van der Waals surface area contributed by atoms with Crippen molar-refractivity contribution in [3.63, 3.8) is 0 Å². The average molecular weight is 414 g/mol. The van der Waals surface area contributed by atoms with Crippen LogP contribution in [0.15, 0.2) is 54.7 Å². The average Bonchev–Trinajstić information content (AvgIpc) is 3.33. The van der Waals surface area contributed by atoms with Crippen molar-refractivity contribution in [2.24, 2.45) is 5.92 Å². The first-order valence-corrected chi connectivity index (χ1v) is 10.2. The lowest BCUT2D eigenvalue weighted by molar-refractivity contribution is 0.418. The summed E-state index contributed by atoms with van der Waals surface area (Å²) in [5.74, 6) is 0.136. The van der Waals surface area contributed by atoms with E-state index in [0.29, 0.717) is 5.92 Å². The zero-order valence-electron chi connectivity index (χ0n) is 16.5. The number of rotatable bonds is 6. The van der Waals surface area contributed by atoms with Gasteiger partial charge in [0.05, 0.1) is 17.9 Å². The number of aromatic nitrogens is 2. The van der Waals surface area contributed by atoms with Crippen LogP contribution in [0.4, 0.5) is 4.39 Å². The molecule has 0 spiro atoms. The molecular formula is C22H25ClFN5. The Balaban J connectivity index is 1.43. The van der Waals surface area contributed by atoms with Crippen molar-refractivity contribution >= 4 is 11.6 Å². The van der Waals surface area contributed by atoms with Crippen molar-refractivity contribution in [3.05, 3.63) is 82.4 Å². The molecule has 0 saturated carbocycles. The minimum absolute atomic E-state index is 0.128. The number of nitrogens with one attached hydrogen (secondary N) is 3.